The third-order valence-electron chi connectivity index (χ3n) is 3.61. The standard InChI is InChI=1S/C13H19NO4S2/c1-8-11(14)7-12(19-8)13(15)18-9-4-3-5-10(6-9)20(2,16)17/h7,9-10H,3-6,14H2,1-2H3. The highest BCUT2D eigenvalue weighted by molar-refractivity contribution is 7.91. The van der Waals surface area contributed by atoms with Crippen LogP contribution in [0.3, 0.4) is 0 Å². The van der Waals surface area contributed by atoms with Crippen LogP contribution >= 0.6 is 11.3 Å². The normalized spacial score (nSPS) is 23.5. The molecule has 2 rings (SSSR count). The lowest BCUT2D eigenvalue weighted by Gasteiger charge is -2.27. The van der Waals surface area contributed by atoms with E-state index < -0.39 is 21.1 Å². The molecular formula is C13H19NO4S2. The number of carbonyl (C=O) groups excluding carboxylic acids is 1. The minimum atomic E-state index is -3.07. The molecule has 2 unspecified atom stereocenters. The van der Waals surface area contributed by atoms with E-state index in [1.807, 2.05) is 6.92 Å². The summed E-state index contributed by atoms with van der Waals surface area (Å²) in [6, 6.07) is 1.61. The Hall–Kier alpha value is -1.08. The van der Waals surface area contributed by atoms with E-state index in [1.54, 1.807) is 6.07 Å². The number of sulfone groups is 1. The third kappa shape index (κ3) is 3.52. The zero-order valence-electron chi connectivity index (χ0n) is 11.6. The summed E-state index contributed by atoms with van der Waals surface area (Å²) in [6.07, 6.45) is 3.45. The molecule has 7 heteroatoms. The van der Waals surface area contributed by atoms with Gasteiger partial charge in [-0.15, -0.1) is 11.3 Å². The van der Waals surface area contributed by atoms with Gasteiger partial charge in [0.15, 0.2) is 0 Å². The van der Waals surface area contributed by atoms with Gasteiger partial charge in [-0.05, 0) is 32.3 Å². The first-order chi connectivity index (χ1) is 9.27. The van der Waals surface area contributed by atoms with Gasteiger partial charge in [0, 0.05) is 23.2 Å². The van der Waals surface area contributed by atoms with Crippen molar-refractivity contribution in [2.45, 2.75) is 44.0 Å². The number of aryl methyl sites for hydroxylation is 1. The molecule has 1 heterocycles. The Kier molecular flexibility index (Phi) is 4.39. The molecule has 1 aliphatic rings. The van der Waals surface area contributed by atoms with Gasteiger partial charge in [-0.1, -0.05) is 0 Å². The molecule has 1 aromatic heterocycles. The van der Waals surface area contributed by atoms with E-state index in [4.69, 9.17) is 10.5 Å². The Morgan fingerprint density at radius 3 is 2.70 bits per heavy atom. The SMILES string of the molecule is Cc1sc(C(=O)OC2CCCC(S(C)(=O)=O)C2)cc1N. The monoisotopic (exact) mass is 317 g/mol. The zero-order chi connectivity index (χ0) is 14.9. The topological polar surface area (TPSA) is 86.5 Å². The summed E-state index contributed by atoms with van der Waals surface area (Å²) in [5.74, 6) is -0.408. The van der Waals surface area contributed by atoms with Crippen molar-refractivity contribution in [1.29, 1.82) is 0 Å². The quantitative estimate of drug-likeness (QED) is 0.863. The van der Waals surface area contributed by atoms with E-state index >= 15 is 0 Å². The molecule has 0 spiro atoms. The fraction of sp³-hybridized carbons (Fsp3) is 0.615. The minimum absolute atomic E-state index is 0.320. The number of nitrogen functional groups attached to an aromatic ring is 1. The summed E-state index contributed by atoms with van der Waals surface area (Å²) >= 11 is 1.30. The van der Waals surface area contributed by atoms with E-state index in [0.717, 1.165) is 17.7 Å². The van der Waals surface area contributed by atoms with Crippen molar-refractivity contribution in [2.75, 3.05) is 12.0 Å². The molecule has 0 saturated heterocycles. The van der Waals surface area contributed by atoms with Gasteiger partial charge in [0.05, 0.1) is 5.25 Å². The van der Waals surface area contributed by atoms with Crippen molar-refractivity contribution >= 4 is 32.8 Å². The van der Waals surface area contributed by atoms with Crippen LogP contribution in [-0.2, 0) is 14.6 Å². The minimum Gasteiger partial charge on any atom is -0.458 e. The maximum absolute atomic E-state index is 12.0. The van der Waals surface area contributed by atoms with Crippen LogP contribution in [0.15, 0.2) is 6.07 Å². The predicted octanol–water partition coefficient (Wildman–Crippen LogP) is 2.15. The fourth-order valence-electron chi connectivity index (χ4n) is 2.40. The molecule has 20 heavy (non-hydrogen) atoms. The molecular weight excluding hydrogens is 298 g/mol. The molecule has 5 nitrogen and oxygen atoms in total. The molecule has 0 bridgehead atoms. The molecule has 1 fully saturated rings. The van der Waals surface area contributed by atoms with Gasteiger partial charge in [-0.3, -0.25) is 0 Å². The van der Waals surface area contributed by atoms with Crippen molar-refractivity contribution in [3.8, 4) is 0 Å². The first kappa shape index (κ1) is 15.3. The second-order valence-electron chi connectivity index (χ2n) is 5.27. The molecule has 0 radical (unpaired) electrons. The van der Waals surface area contributed by atoms with Crippen LogP contribution in [0, 0.1) is 6.92 Å². The summed E-state index contributed by atoms with van der Waals surface area (Å²) in [7, 11) is -3.07. The number of carbonyl (C=O) groups is 1. The number of rotatable bonds is 3. The number of hydrogen-bond donors (Lipinski definition) is 1. The Labute approximate surface area is 123 Å². The lowest BCUT2D eigenvalue weighted by Crippen LogP contribution is -2.32. The first-order valence-corrected chi connectivity index (χ1v) is 9.30. The number of nitrogens with two attached hydrogens (primary N) is 1. The molecule has 2 N–H and O–H groups in total. The van der Waals surface area contributed by atoms with E-state index in [1.165, 1.54) is 17.6 Å². The van der Waals surface area contributed by atoms with E-state index in [0.29, 0.717) is 23.4 Å². The zero-order valence-corrected chi connectivity index (χ0v) is 13.2. The number of hydrogen-bond acceptors (Lipinski definition) is 6. The van der Waals surface area contributed by atoms with Crippen LogP contribution in [0.25, 0.3) is 0 Å². The van der Waals surface area contributed by atoms with E-state index in [9.17, 15) is 13.2 Å². The second-order valence-corrected chi connectivity index (χ2v) is 8.85. The maximum Gasteiger partial charge on any atom is 0.348 e. The third-order valence-corrected chi connectivity index (χ3v) is 6.30. The number of esters is 1. The van der Waals surface area contributed by atoms with Crippen LogP contribution in [-0.4, -0.2) is 32.0 Å². The van der Waals surface area contributed by atoms with Gasteiger partial charge in [0.1, 0.15) is 20.8 Å². The first-order valence-electron chi connectivity index (χ1n) is 6.53. The average molecular weight is 317 g/mol. The Morgan fingerprint density at radius 1 is 1.45 bits per heavy atom. The number of anilines is 1. The summed E-state index contributed by atoms with van der Waals surface area (Å²) in [6.45, 7) is 1.84. The average Bonchev–Trinajstić information content (AvgIpc) is 2.69. The lowest BCUT2D eigenvalue weighted by molar-refractivity contribution is 0.0220. The molecule has 2 atom stereocenters. The summed E-state index contributed by atoms with van der Waals surface area (Å²) in [5.41, 5.74) is 6.30. The van der Waals surface area contributed by atoms with Crippen molar-refractivity contribution in [2.24, 2.45) is 0 Å². The maximum atomic E-state index is 12.0. The van der Waals surface area contributed by atoms with Crippen LogP contribution < -0.4 is 5.73 Å². The smallest absolute Gasteiger partial charge is 0.348 e. The predicted molar refractivity (Wildman–Crippen MR) is 79.8 cm³/mol. The molecule has 0 aromatic carbocycles. The van der Waals surface area contributed by atoms with Crippen molar-refractivity contribution < 1.29 is 17.9 Å². The van der Waals surface area contributed by atoms with Crippen LogP contribution in [0.5, 0.6) is 0 Å². The highest BCUT2D eigenvalue weighted by Crippen LogP contribution is 2.29. The molecule has 1 saturated carbocycles. The van der Waals surface area contributed by atoms with Crippen molar-refractivity contribution in [3.63, 3.8) is 0 Å². The highest BCUT2D eigenvalue weighted by atomic mass is 32.2. The number of ether oxygens (including phenoxy) is 1. The molecule has 112 valence electrons. The number of thiophene rings is 1. The van der Waals surface area contributed by atoms with Gasteiger partial charge in [0.25, 0.3) is 0 Å². The highest BCUT2D eigenvalue weighted by Gasteiger charge is 2.31. The molecule has 0 amide bonds. The molecule has 0 aliphatic heterocycles. The summed E-state index contributed by atoms with van der Waals surface area (Å²) in [5, 5.41) is -0.399. The Bertz CT molecular complexity index is 586. The van der Waals surface area contributed by atoms with Gasteiger partial charge in [-0.2, -0.15) is 0 Å². The lowest BCUT2D eigenvalue weighted by atomic mass is 9.97. The van der Waals surface area contributed by atoms with Gasteiger partial charge in [0.2, 0.25) is 0 Å². The van der Waals surface area contributed by atoms with Gasteiger partial charge < -0.3 is 10.5 Å². The summed E-state index contributed by atoms with van der Waals surface area (Å²) < 4.78 is 28.6. The Morgan fingerprint density at radius 2 is 2.15 bits per heavy atom. The van der Waals surface area contributed by atoms with Crippen LogP contribution in [0.2, 0.25) is 0 Å². The van der Waals surface area contributed by atoms with E-state index in [2.05, 4.69) is 0 Å². The summed E-state index contributed by atoms with van der Waals surface area (Å²) in [4.78, 5) is 13.4. The van der Waals surface area contributed by atoms with Crippen molar-refractivity contribution in [3.05, 3.63) is 15.8 Å². The Balaban J connectivity index is 2.01. The van der Waals surface area contributed by atoms with Crippen molar-refractivity contribution in [1.82, 2.24) is 0 Å². The van der Waals surface area contributed by atoms with Crippen LogP contribution in [0.1, 0.15) is 40.2 Å². The van der Waals surface area contributed by atoms with E-state index in [-0.39, 0.29) is 6.10 Å². The molecule has 1 aromatic rings. The second kappa shape index (κ2) is 5.73. The van der Waals surface area contributed by atoms with Crippen LogP contribution in [0.4, 0.5) is 5.69 Å². The fourth-order valence-corrected chi connectivity index (χ4v) is 4.39. The van der Waals surface area contributed by atoms with Gasteiger partial charge in [-0.25, -0.2) is 13.2 Å². The molecule has 1 aliphatic carbocycles. The van der Waals surface area contributed by atoms with Gasteiger partial charge >= 0.3 is 5.97 Å². The largest absolute Gasteiger partial charge is 0.458 e.